The van der Waals surface area contributed by atoms with Crippen LogP contribution in [0.25, 0.3) is 10.9 Å². The second kappa shape index (κ2) is 8.34. The predicted octanol–water partition coefficient (Wildman–Crippen LogP) is 6.12. The number of halogens is 2. The zero-order valence-electron chi connectivity index (χ0n) is 15.9. The number of benzene rings is 3. The fraction of sp³-hybridized carbons (Fsp3) is 0.0455. The van der Waals surface area contributed by atoms with Crippen LogP contribution < -0.4 is 16.0 Å². The summed E-state index contributed by atoms with van der Waals surface area (Å²) in [6, 6.07) is 16.2. The summed E-state index contributed by atoms with van der Waals surface area (Å²) in [6.07, 6.45) is 1.44. The lowest BCUT2D eigenvalue weighted by Crippen LogP contribution is -2.19. The molecular formula is C22H17ClFN5O. The number of nitrogens with zero attached hydrogens (tertiary/aromatic N) is 2. The Bertz CT molecular complexity index is 1230. The van der Waals surface area contributed by atoms with Crippen LogP contribution in [0, 0.1) is 12.7 Å². The van der Waals surface area contributed by atoms with E-state index in [0.29, 0.717) is 38.8 Å². The largest absolute Gasteiger partial charge is 0.340 e. The summed E-state index contributed by atoms with van der Waals surface area (Å²) < 4.78 is 13.1. The maximum Gasteiger partial charge on any atom is 0.323 e. The Hall–Kier alpha value is -3.71. The van der Waals surface area contributed by atoms with Crippen LogP contribution in [0.15, 0.2) is 67.0 Å². The first-order valence-corrected chi connectivity index (χ1v) is 9.47. The average Bonchev–Trinajstić information content (AvgIpc) is 2.73. The van der Waals surface area contributed by atoms with Crippen LogP contribution in [0.5, 0.6) is 0 Å². The van der Waals surface area contributed by atoms with Crippen molar-refractivity contribution in [3.8, 4) is 0 Å². The summed E-state index contributed by atoms with van der Waals surface area (Å²) in [6.45, 7) is 1.89. The molecular weight excluding hydrogens is 405 g/mol. The zero-order valence-corrected chi connectivity index (χ0v) is 16.7. The number of aromatic nitrogens is 2. The quantitative estimate of drug-likeness (QED) is 0.371. The Morgan fingerprint density at radius 2 is 1.57 bits per heavy atom. The third-order valence-corrected chi connectivity index (χ3v) is 4.84. The van der Waals surface area contributed by atoms with Crippen molar-refractivity contribution in [2.24, 2.45) is 0 Å². The highest BCUT2D eigenvalue weighted by Crippen LogP contribution is 2.26. The van der Waals surface area contributed by atoms with Crippen LogP contribution in [0.4, 0.5) is 32.1 Å². The van der Waals surface area contributed by atoms with Crippen LogP contribution in [-0.2, 0) is 0 Å². The minimum Gasteiger partial charge on any atom is -0.340 e. The molecule has 1 aromatic heterocycles. The van der Waals surface area contributed by atoms with E-state index in [-0.39, 0.29) is 5.82 Å². The monoisotopic (exact) mass is 421 g/mol. The highest BCUT2D eigenvalue weighted by Gasteiger charge is 2.09. The van der Waals surface area contributed by atoms with E-state index in [4.69, 9.17) is 11.6 Å². The van der Waals surface area contributed by atoms with Crippen molar-refractivity contribution in [1.29, 1.82) is 0 Å². The van der Waals surface area contributed by atoms with E-state index in [1.54, 1.807) is 42.5 Å². The number of anilines is 4. The lowest BCUT2D eigenvalue weighted by molar-refractivity contribution is 0.262. The summed E-state index contributed by atoms with van der Waals surface area (Å²) in [4.78, 5) is 20.9. The Balaban J connectivity index is 1.55. The molecule has 4 rings (SSSR count). The molecule has 8 heteroatoms. The Morgan fingerprint density at radius 3 is 2.30 bits per heavy atom. The number of amides is 2. The van der Waals surface area contributed by atoms with Gasteiger partial charge in [0.05, 0.1) is 5.52 Å². The van der Waals surface area contributed by atoms with Gasteiger partial charge in [0.25, 0.3) is 0 Å². The van der Waals surface area contributed by atoms with Gasteiger partial charge in [0, 0.05) is 27.5 Å². The van der Waals surface area contributed by atoms with E-state index in [9.17, 15) is 9.18 Å². The first-order valence-electron chi connectivity index (χ1n) is 9.09. The molecule has 3 aromatic carbocycles. The summed E-state index contributed by atoms with van der Waals surface area (Å²) in [5.74, 6) is 0.224. The number of carbonyl (C=O) groups is 1. The van der Waals surface area contributed by atoms with Gasteiger partial charge in [0.2, 0.25) is 0 Å². The molecule has 4 aromatic rings. The highest BCUT2D eigenvalue weighted by molar-refractivity contribution is 6.31. The Labute approximate surface area is 177 Å². The second-order valence-electron chi connectivity index (χ2n) is 6.63. The van der Waals surface area contributed by atoms with Crippen LogP contribution in [-0.4, -0.2) is 16.0 Å². The third kappa shape index (κ3) is 4.47. The summed E-state index contributed by atoms with van der Waals surface area (Å²) in [5.41, 5.74) is 3.47. The standard InChI is InChI=1S/C22H17ClFN5O/c1-13-2-5-17(11-19(13)23)29-22(30)28-16-8-9-20-18(10-16)21(26-12-25-20)27-15-6-3-14(24)4-7-15/h2-12H,1H3,(H,25,26,27)(H2,28,29,30). The lowest BCUT2D eigenvalue weighted by atomic mass is 10.2. The molecule has 0 fully saturated rings. The number of nitrogens with one attached hydrogen (secondary N) is 3. The number of urea groups is 1. The van der Waals surface area contributed by atoms with E-state index in [0.717, 1.165) is 5.56 Å². The molecule has 0 saturated carbocycles. The van der Waals surface area contributed by atoms with Crippen LogP contribution in [0.2, 0.25) is 5.02 Å². The van der Waals surface area contributed by atoms with Crippen LogP contribution in [0.1, 0.15) is 5.56 Å². The van der Waals surface area contributed by atoms with Gasteiger partial charge in [-0.2, -0.15) is 0 Å². The fourth-order valence-electron chi connectivity index (χ4n) is 2.87. The molecule has 0 atom stereocenters. The maximum absolute atomic E-state index is 13.1. The van der Waals surface area contributed by atoms with Crippen LogP contribution in [0.3, 0.4) is 0 Å². The molecule has 3 N–H and O–H groups in total. The van der Waals surface area contributed by atoms with Gasteiger partial charge in [0.1, 0.15) is 18.0 Å². The Morgan fingerprint density at radius 1 is 0.900 bits per heavy atom. The highest BCUT2D eigenvalue weighted by atomic mass is 35.5. The van der Waals surface area contributed by atoms with Gasteiger partial charge >= 0.3 is 6.03 Å². The molecule has 1 heterocycles. The topological polar surface area (TPSA) is 78.9 Å². The number of hydrogen-bond donors (Lipinski definition) is 3. The molecule has 6 nitrogen and oxygen atoms in total. The van der Waals surface area contributed by atoms with Crippen molar-refractivity contribution < 1.29 is 9.18 Å². The van der Waals surface area contributed by atoms with Gasteiger partial charge in [0.15, 0.2) is 0 Å². The fourth-order valence-corrected chi connectivity index (χ4v) is 3.05. The molecule has 0 aliphatic rings. The van der Waals surface area contributed by atoms with Crippen molar-refractivity contribution in [3.05, 3.63) is 83.4 Å². The van der Waals surface area contributed by atoms with E-state index in [1.165, 1.54) is 18.5 Å². The molecule has 0 saturated heterocycles. The summed E-state index contributed by atoms with van der Waals surface area (Å²) in [5, 5.41) is 9.97. The second-order valence-corrected chi connectivity index (χ2v) is 7.04. The van der Waals surface area contributed by atoms with Crippen molar-refractivity contribution in [2.45, 2.75) is 6.92 Å². The number of rotatable bonds is 4. The maximum atomic E-state index is 13.1. The van der Waals surface area contributed by atoms with Gasteiger partial charge in [-0.1, -0.05) is 17.7 Å². The molecule has 150 valence electrons. The van der Waals surface area contributed by atoms with E-state index >= 15 is 0 Å². The number of fused-ring (bicyclic) bond motifs is 1. The minimum atomic E-state index is -0.404. The van der Waals surface area contributed by atoms with Gasteiger partial charge in [-0.25, -0.2) is 19.2 Å². The third-order valence-electron chi connectivity index (χ3n) is 4.43. The first kappa shape index (κ1) is 19.6. The SMILES string of the molecule is Cc1ccc(NC(=O)Nc2ccc3ncnc(Nc4ccc(F)cc4)c3c2)cc1Cl. The molecule has 30 heavy (non-hydrogen) atoms. The molecule has 2 amide bonds. The smallest absolute Gasteiger partial charge is 0.323 e. The number of carbonyl (C=O) groups excluding carboxylic acids is 1. The van der Waals surface area contributed by atoms with Crippen molar-refractivity contribution >= 4 is 51.4 Å². The summed E-state index contributed by atoms with van der Waals surface area (Å²) >= 11 is 6.10. The number of aryl methyl sites for hydroxylation is 1. The number of hydrogen-bond acceptors (Lipinski definition) is 4. The van der Waals surface area contributed by atoms with E-state index in [1.807, 2.05) is 13.0 Å². The van der Waals surface area contributed by atoms with E-state index < -0.39 is 6.03 Å². The Kier molecular flexibility index (Phi) is 5.45. The molecule has 0 spiro atoms. The van der Waals surface area contributed by atoms with Gasteiger partial charge in [-0.05, 0) is 67.1 Å². The average molecular weight is 422 g/mol. The van der Waals surface area contributed by atoms with Gasteiger partial charge in [-0.3, -0.25) is 0 Å². The molecule has 0 unspecified atom stereocenters. The zero-order chi connectivity index (χ0) is 21.1. The normalized spacial score (nSPS) is 10.6. The molecule has 0 aliphatic heterocycles. The molecule has 0 aliphatic carbocycles. The van der Waals surface area contributed by atoms with Crippen LogP contribution >= 0.6 is 11.6 Å². The minimum absolute atomic E-state index is 0.319. The van der Waals surface area contributed by atoms with E-state index in [2.05, 4.69) is 25.9 Å². The van der Waals surface area contributed by atoms with Crippen molar-refractivity contribution in [3.63, 3.8) is 0 Å². The van der Waals surface area contributed by atoms with Gasteiger partial charge in [-0.15, -0.1) is 0 Å². The predicted molar refractivity (Wildman–Crippen MR) is 118 cm³/mol. The molecule has 0 radical (unpaired) electrons. The lowest BCUT2D eigenvalue weighted by Gasteiger charge is -2.11. The summed E-state index contributed by atoms with van der Waals surface area (Å²) in [7, 11) is 0. The van der Waals surface area contributed by atoms with Crippen molar-refractivity contribution in [2.75, 3.05) is 16.0 Å². The first-order chi connectivity index (χ1) is 14.5. The molecule has 0 bridgehead atoms. The van der Waals surface area contributed by atoms with Crippen molar-refractivity contribution in [1.82, 2.24) is 9.97 Å². The van der Waals surface area contributed by atoms with Gasteiger partial charge < -0.3 is 16.0 Å².